The molecule has 0 amide bonds. The van der Waals surface area contributed by atoms with Gasteiger partial charge in [0.1, 0.15) is 0 Å². The summed E-state index contributed by atoms with van der Waals surface area (Å²) in [6, 6.07) is 11.5. The van der Waals surface area contributed by atoms with Crippen molar-refractivity contribution in [1.82, 2.24) is 4.98 Å². The number of anilines is 1. The summed E-state index contributed by atoms with van der Waals surface area (Å²) >= 11 is 6.05. The van der Waals surface area contributed by atoms with E-state index in [2.05, 4.69) is 10.3 Å². The molecule has 17 heavy (non-hydrogen) atoms. The second-order valence-electron chi connectivity index (χ2n) is 3.51. The highest BCUT2D eigenvalue weighted by atomic mass is 35.5. The third kappa shape index (κ3) is 2.88. The first-order valence-corrected chi connectivity index (χ1v) is 5.65. The van der Waals surface area contributed by atoms with Crippen LogP contribution in [0.1, 0.15) is 5.56 Å². The van der Waals surface area contributed by atoms with E-state index in [-0.39, 0.29) is 0 Å². The first kappa shape index (κ1) is 11.7. The number of benzene rings is 1. The van der Waals surface area contributed by atoms with Crippen LogP contribution in [-0.2, 0) is 6.54 Å². The molecule has 3 nitrogen and oxygen atoms in total. The van der Waals surface area contributed by atoms with Gasteiger partial charge in [-0.3, -0.25) is 0 Å². The molecule has 0 unspecified atom stereocenters. The lowest BCUT2D eigenvalue weighted by atomic mass is 10.2. The fourth-order valence-electron chi connectivity index (χ4n) is 1.54. The Kier molecular flexibility index (Phi) is 3.83. The van der Waals surface area contributed by atoms with Crippen LogP contribution < -0.4 is 10.1 Å². The van der Waals surface area contributed by atoms with Gasteiger partial charge in [-0.1, -0.05) is 29.8 Å². The van der Waals surface area contributed by atoms with E-state index in [0.29, 0.717) is 17.4 Å². The Bertz CT molecular complexity index is 502. The van der Waals surface area contributed by atoms with E-state index < -0.39 is 0 Å². The molecule has 0 spiro atoms. The lowest BCUT2D eigenvalue weighted by molar-refractivity contribution is 0.393. The fourth-order valence-corrected chi connectivity index (χ4v) is 1.74. The van der Waals surface area contributed by atoms with Crippen LogP contribution in [0, 0.1) is 0 Å². The summed E-state index contributed by atoms with van der Waals surface area (Å²) in [7, 11) is 1.61. The van der Waals surface area contributed by atoms with Gasteiger partial charge in [-0.25, -0.2) is 4.98 Å². The predicted octanol–water partition coefficient (Wildman–Crippen LogP) is 3.36. The number of nitrogens with one attached hydrogen (secondary N) is 1. The number of methoxy groups -OCH3 is 1. The van der Waals surface area contributed by atoms with Crippen molar-refractivity contribution >= 4 is 17.3 Å². The first-order chi connectivity index (χ1) is 8.31. The van der Waals surface area contributed by atoms with Crippen LogP contribution in [0.5, 0.6) is 5.88 Å². The van der Waals surface area contributed by atoms with Gasteiger partial charge in [0, 0.05) is 18.3 Å². The van der Waals surface area contributed by atoms with E-state index in [4.69, 9.17) is 16.3 Å². The normalized spacial score (nSPS) is 10.0. The van der Waals surface area contributed by atoms with Crippen LogP contribution >= 0.6 is 11.6 Å². The molecule has 0 atom stereocenters. The van der Waals surface area contributed by atoms with Crippen molar-refractivity contribution in [2.75, 3.05) is 12.4 Å². The molecule has 0 aliphatic carbocycles. The van der Waals surface area contributed by atoms with Gasteiger partial charge in [0.15, 0.2) is 0 Å². The summed E-state index contributed by atoms with van der Waals surface area (Å²) in [6.45, 7) is 0.626. The monoisotopic (exact) mass is 248 g/mol. The number of aromatic nitrogens is 1. The van der Waals surface area contributed by atoms with E-state index in [9.17, 15) is 0 Å². The number of ether oxygens (including phenoxy) is 1. The minimum atomic E-state index is 0.626. The topological polar surface area (TPSA) is 34.1 Å². The number of halogens is 1. The summed E-state index contributed by atoms with van der Waals surface area (Å²) in [4.78, 5) is 4.14. The molecule has 0 fully saturated rings. The highest BCUT2D eigenvalue weighted by molar-refractivity contribution is 6.33. The largest absolute Gasteiger partial charge is 0.481 e. The highest BCUT2D eigenvalue weighted by Gasteiger charge is 2.04. The lowest BCUT2D eigenvalue weighted by Gasteiger charge is -2.10. The van der Waals surface area contributed by atoms with E-state index in [1.54, 1.807) is 13.3 Å². The fraction of sp³-hybridized carbons (Fsp3) is 0.154. The molecule has 0 saturated heterocycles. The standard InChI is InChI=1S/C13H13ClN2O/c1-17-13-10(5-4-8-15-13)9-16-12-7-3-2-6-11(12)14/h2-8,16H,9H2,1H3. The maximum atomic E-state index is 6.05. The van der Waals surface area contributed by atoms with Crippen molar-refractivity contribution < 1.29 is 4.74 Å². The molecule has 88 valence electrons. The maximum Gasteiger partial charge on any atom is 0.218 e. The Morgan fingerprint density at radius 1 is 1.24 bits per heavy atom. The van der Waals surface area contributed by atoms with Gasteiger partial charge in [0.05, 0.1) is 17.8 Å². The molecule has 1 aromatic carbocycles. The molecule has 0 bridgehead atoms. The van der Waals surface area contributed by atoms with Gasteiger partial charge >= 0.3 is 0 Å². The molecule has 1 aromatic heterocycles. The Balaban J connectivity index is 2.10. The maximum absolute atomic E-state index is 6.05. The quantitative estimate of drug-likeness (QED) is 0.901. The molecule has 2 aromatic rings. The highest BCUT2D eigenvalue weighted by Crippen LogP contribution is 2.22. The van der Waals surface area contributed by atoms with Crippen LogP contribution in [0.25, 0.3) is 0 Å². The smallest absolute Gasteiger partial charge is 0.218 e. The molecule has 2 rings (SSSR count). The van der Waals surface area contributed by atoms with Gasteiger partial charge in [-0.2, -0.15) is 0 Å². The van der Waals surface area contributed by atoms with Gasteiger partial charge < -0.3 is 10.1 Å². The average Bonchev–Trinajstić information content (AvgIpc) is 2.38. The summed E-state index contributed by atoms with van der Waals surface area (Å²) in [5.74, 6) is 0.632. The Hall–Kier alpha value is -1.74. The minimum absolute atomic E-state index is 0.626. The zero-order chi connectivity index (χ0) is 12.1. The number of para-hydroxylation sites is 1. The van der Waals surface area contributed by atoms with Crippen LogP contribution in [0.2, 0.25) is 5.02 Å². The summed E-state index contributed by atoms with van der Waals surface area (Å²) in [5, 5.41) is 3.96. The molecule has 1 N–H and O–H groups in total. The van der Waals surface area contributed by atoms with E-state index in [0.717, 1.165) is 11.3 Å². The van der Waals surface area contributed by atoms with Crippen molar-refractivity contribution in [1.29, 1.82) is 0 Å². The van der Waals surface area contributed by atoms with Crippen LogP contribution in [0.15, 0.2) is 42.6 Å². The number of hydrogen-bond donors (Lipinski definition) is 1. The second kappa shape index (κ2) is 5.55. The average molecular weight is 249 g/mol. The van der Waals surface area contributed by atoms with Gasteiger partial charge in [-0.15, -0.1) is 0 Å². The third-order valence-corrected chi connectivity index (χ3v) is 2.72. The van der Waals surface area contributed by atoms with Crippen molar-refractivity contribution in [2.45, 2.75) is 6.54 Å². The summed E-state index contributed by atoms with van der Waals surface area (Å²) in [5.41, 5.74) is 1.90. The predicted molar refractivity (Wildman–Crippen MR) is 69.6 cm³/mol. The summed E-state index contributed by atoms with van der Waals surface area (Å²) < 4.78 is 5.18. The zero-order valence-electron chi connectivity index (χ0n) is 9.48. The molecule has 0 aliphatic rings. The Labute approximate surface area is 105 Å². The van der Waals surface area contributed by atoms with Crippen LogP contribution in [0.4, 0.5) is 5.69 Å². The van der Waals surface area contributed by atoms with Gasteiger partial charge in [0.25, 0.3) is 0 Å². The Morgan fingerprint density at radius 3 is 2.82 bits per heavy atom. The van der Waals surface area contributed by atoms with Gasteiger partial charge in [-0.05, 0) is 18.2 Å². The number of pyridine rings is 1. The van der Waals surface area contributed by atoms with E-state index in [1.807, 2.05) is 36.4 Å². The van der Waals surface area contributed by atoms with E-state index >= 15 is 0 Å². The Morgan fingerprint density at radius 2 is 2.06 bits per heavy atom. The van der Waals surface area contributed by atoms with Crippen molar-refractivity contribution in [3.63, 3.8) is 0 Å². The van der Waals surface area contributed by atoms with Gasteiger partial charge in [0.2, 0.25) is 5.88 Å². The molecular weight excluding hydrogens is 236 g/mol. The summed E-state index contributed by atoms with van der Waals surface area (Å²) in [6.07, 6.45) is 1.71. The third-order valence-electron chi connectivity index (χ3n) is 2.39. The molecule has 4 heteroatoms. The zero-order valence-corrected chi connectivity index (χ0v) is 10.2. The van der Waals surface area contributed by atoms with Crippen molar-refractivity contribution in [3.8, 4) is 5.88 Å². The van der Waals surface area contributed by atoms with Crippen molar-refractivity contribution in [2.24, 2.45) is 0 Å². The minimum Gasteiger partial charge on any atom is -0.481 e. The van der Waals surface area contributed by atoms with Crippen LogP contribution in [-0.4, -0.2) is 12.1 Å². The van der Waals surface area contributed by atoms with E-state index in [1.165, 1.54) is 0 Å². The number of hydrogen-bond acceptors (Lipinski definition) is 3. The molecule has 1 heterocycles. The van der Waals surface area contributed by atoms with Crippen LogP contribution in [0.3, 0.4) is 0 Å². The number of rotatable bonds is 4. The molecular formula is C13H13ClN2O. The van der Waals surface area contributed by atoms with Crippen molar-refractivity contribution in [3.05, 3.63) is 53.2 Å². The SMILES string of the molecule is COc1ncccc1CNc1ccccc1Cl. The molecule has 0 saturated carbocycles. The molecule has 0 radical (unpaired) electrons. The number of nitrogens with zero attached hydrogens (tertiary/aromatic N) is 1. The second-order valence-corrected chi connectivity index (χ2v) is 3.91. The lowest BCUT2D eigenvalue weighted by Crippen LogP contribution is -2.03. The first-order valence-electron chi connectivity index (χ1n) is 5.27. The molecule has 0 aliphatic heterocycles.